The molecule has 1 aromatic heterocycles. The summed E-state index contributed by atoms with van der Waals surface area (Å²) >= 11 is 0. The topological polar surface area (TPSA) is 71.3 Å². The molecule has 6 heteroatoms. The minimum absolute atomic E-state index is 0.00544. The minimum Gasteiger partial charge on any atom is -0.449 e. The molecule has 0 bridgehead atoms. The summed E-state index contributed by atoms with van der Waals surface area (Å²) in [4.78, 5) is 25.1. The number of rotatable bonds is 3. The van der Waals surface area contributed by atoms with Crippen molar-refractivity contribution < 1.29 is 18.4 Å². The van der Waals surface area contributed by atoms with Crippen LogP contribution in [0.3, 0.4) is 0 Å². The van der Waals surface area contributed by atoms with E-state index in [4.69, 9.17) is 4.42 Å². The number of furan rings is 1. The standard InChI is InChI=1S/C20H19FN2O3/c1-20(2,3)23-19(25)17-16(14-9-4-5-10-15(14)26-17)22-18(24)12-7-6-8-13(21)11-12/h4-11H,1-3H3,(H,22,24)(H,23,25). The Morgan fingerprint density at radius 3 is 2.42 bits per heavy atom. The molecule has 5 nitrogen and oxygen atoms in total. The van der Waals surface area contributed by atoms with E-state index < -0.39 is 23.2 Å². The fourth-order valence-corrected chi connectivity index (χ4v) is 2.54. The second kappa shape index (κ2) is 6.63. The zero-order valence-electron chi connectivity index (χ0n) is 14.7. The Morgan fingerprint density at radius 1 is 1.00 bits per heavy atom. The van der Waals surface area contributed by atoms with Crippen molar-refractivity contribution in [3.8, 4) is 0 Å². The second-order valence-corrected chi connectivity index (χ2v) is 6.97. The number of fused-ring (bicyclic) bond motifs is 1. The molecule has 0 saturated carbocycles. The third kappa shape index (κ3) is 3.74. The maximum atomic E-state index is 13.4. The van der Waals surface area contributed by atoms with Crippen molar-refractivity contribution in [1.29, 1.82) is 0 Å². The minimum atomic E-state index is -0.527. The molecule has 1 heterocycles. The van der Waals surface area contributed by atoms with Gasteiger partial charge in [-0.05, 0) is 51.1 Å². The van der Waals surface area contributed by atoms with Gasteiger partial charge in [-0.1, -0.05) is 18.2 Å². The van der Waals surface area contributed by atoms with Gasteiger partial charge in [0.2, 0.25) is 5.76 Å². The van der Waals surface area contributed by atoms with Crippen LogP contribution in [-0.4, -0.2) is 17.4 Å². The molecular weight excluding hydrogens is 335 g/mol. The zero-order chi connectivity index (χ0) is 18.9. The van der Waals surface area contributed by atoms with Crippen molar-refractivity contribution in [3.63, 3.8) is 0 Å². The van der Waals surface area contributed by atoms with E-state index in [1.807, 2.05) is 20.8 Å². The highest BCUT2D eigenvalue weighted by Crippen LogP contribution is 2.31. The first-order valence-corrected chi connectivity index (χ1v) is 8.15. The molecule has 2 N–H and O–H groups in total. The Morgan fingerprint density at radius 2 is 1.73 bits per heavy atom. The average molecular weight is 354 g/mol. The zero-order valence-corrected chi connectivity index (χ0v) is 14.7. The van der Waals surface area contributed by atoms with Gasteiger partial charge >= 0.3 is 0 Å². The molecule has 0 fully saturated rings. The second-order valence-electron chi connectivity index (χ2n) is 6.97. The highest BCUT2D eigenvalue weighted by molar-refractivity contribution is 6.14. The number of nitrogens with one attached hydrogen (secondary N) is 2. The van der Waals surface area contributed by atoms with Crippen LogP contribution in [0.1, 0.15) is 41.7 Å². The Balaban J connectivity index is 2.02. The van der Waals surface area contributed by atoms with Crippen molar-refractivity contribution in [3.05, 3.63) is 65.7 Å². The van der Waals surface area contributed by atoms with Crippen LogP contribution in [0.4, 0.5) is 10.1 Å². The predicted molar refractivity (Wildman–Crippen MR) is 97.8 cm³/mol. The molecule has 0 aliphatic rings. The Hall–Kier alpha value is -3.15. The molecule has 0 spiro atoms. The van der Waals surface area contributed by atoms with Gasteiger partial charge in [-0.15, -0.1) is 0 Å². The van der Waals surface area contributed by atoms with Crippen LogP contribution in [0.25, 0.3) is 11.0 Å². The number of para-hydroxylation sites is 1. The van der Waals surface area contributed by atoms with Gasteiger partial charge in [0.25, 0.3) is 11.8 Å². The lowest BCUT2D eigenvalue weighted by Crippen LogP contribution is -2.40. The Bertz CT molecular complexity index is 986. The first kappa shape index (κ1) is 17.7. The van der Waals surface area contributed by atoms with Crippen LogP contribution in [0.5, 0.6) is 0 Å². The lowest BCUT2D eigenvalue weighted by atomic mass is 10.1. The van der Waals surface area contributed by atoms with Crippen LogP contribution in [0, 0.1) is 5.82 Å². The van der Waals surface area contributed by atoms with E-state index in [0.29, 0.717) is 11.0 Å². The van der Waals surface area contributed by atoms with E-state index in [1.165, 1.54) is 18.2 Å². The lowest BCUT2D eigenvalue weighted by molar-refractivity contribution is 0.0894. The van der Waals surface area contributed by atoms with Crippen molar-refractivity contribution in [2.45, 2.75) is 26.3 Å². The van der Waals surface area contributed by atoms with E-state index in [9.17, 15) is 14.0 Å². The summed E-state index contributed by atoms with van der Waals surface area (Å²) in [6.07, 6.45) is 0. The van der Waals surface area contributed by atoms with Gasteiger partial charge in [0, 0.05) is 16.5 Å². The maximum Gasteiger partial charge on any atom is 0.289 e. The van der Waals surface area contributed by atoms with Crippen molar-refractivity contribution in [2.24, 2.45) is 0 Å². The van der Waals surface area contributed by atoms with Gasteiger partial charge in [0.05, 0.1) is 0 Å². The average Bonchev–Trinajstić information content (AvgIpc) is 2.92. The number of hydrogen-bond acceptors (Lipinski definition) is 3. The summed E-state index contributed by atoms with van der Waals surface area (Å²) in [6.45, 7) is 5.54. The lowest BCUT2D eigenvalue weighted by Gasteiger charge is -2.20. The molecule has 0 aliphatic heterocycles. The molecule has 134 valence electrons. The number of amides is 2. The van der Waals surface area contributed by atoms with Gasteiger partial charge in [0.1, 0.15) is 17.1 Å². The molecule has 0 aliphatic carbocycles. The molecule has 0 saturated heterocycles. The molecule has 0 radical (unpaired) electrons. The third-order valence-electron chi connectivity index (χ3n) is 3.62. The molecule has 3 aromatic rings. The molecular formula is C20H19FN2O3. The van der Waals surface area contributed by atoms with Crippen molar-refractivity contribution in [2.75, 3.05) is 5.32 Å². The molecule has 2 amide bonds. The van der Waals surface area contributed by atoms with Crippen LogP contribution in [-0.2, 0) is 0 Å². The van der Waals surface area contributed by atoms with Gasteiger partial charge in [-0.25, -0.2) is 4.39 Å². The fourth-order valence-electron chi connectivity index (χ4n) is 2.54. The summed E-state index contributed by atoms with van der Waals surface area (Å²) < 4.78 is 19.1. The van der Waals surface area contributed by atoms with Crippen LogP contribution in [0.2, 0.25) is 0 Å². The summed E-state index contributed by atoms with van der Waals surface area (Å²) in [5.74, 6) is -1.48. The summed E-state index contributed by atoms with van der Waals surface area (Å²) in [5, 5.41) is 6.09. The highest BCUT2D eigenvalue weighted by atomic mass is 19.1. The van der Waals surface area contributed by atoms with Gasteiger partial charge in [0.15, 0.2) is 0 Å². The first-order valence-electron chi connectivity index (χ1n) is 8.15. The predicted octanol–water partition coefficient (Wildman–Crippen LogP) is 4.35. The molecule has 2 aromatic carbocycles. The normalized spacial score (nSPS) is 11.4. The van der Waals surface area contributed by atoms with E-state index in [0.717, 1.165) is 6.07 Å². The SMILES string of the molecule is CC(C)(C)NC(=O)c1oc2ccccc2c1NC(=O)c1cccc(F)c1. The molecule has 0 atom stereocenters. The summed E-state index contributed by atoms with van der Waals surface area (Å²) in [7, 11) is 0. The number of halogens is 1. The number of carbonyl (C=O) groups is 2. The molecule has 3 rings (SSSR count). The van der Waals surface area contributed by atoms with E-state index in [-0.39, 0.29) is 17.0 Å². The smallest absolute Gasteiger partial charge is 0.289 e. The van der Waals surface area contributed by atoms with Gasteiger partial charge in [-0.2, -0.15) is 0 Å². The number of carbonyl (C=O) groups excluding carboxylic acids is 2. The van der Waals surface area contributed by atoms with Gasteiger partial charge in [-0.3, -0.25) is 9.59 Å². The van der Waals surface area contributed by atoms with E-state index in [1.54, 1.807) is 24.3 Å². The number of hydrogen-bond donors (Lipinski definition) is 2. The molecule has 0 unspecified atom stereocenters. The van der Waals surface area contributed by atoms with Crippen LogP contribution >= 0.6 is 0 Å². The summed E-state index contributed by atoms with van der Waals surface area (Å²) in [6, 6.07) is 12.3. The van der Waals surface area contributed by atoms with E-state index >= 15 is 0 Å². The first-order chi connectivity index (χ1) is 12.2. The molecule has 26 heavy (non-hydrogen) atoms. The maximum absolute atomic E-state index is 13.4. The Labute approximate surface area is 150 Å². The third-order valence-corrected chi connectivity index (χ3v) is 3.62. The van der Waals surface area contributed by atoms with E-state index in [2.05, 4.69) is 10.6 Å². The Kier molecular flexibility index (Phi) is 4.50. The van der Waals surface area contributed by atoms with Gasteiger partial charge < -0.3 is 15.1 Å². The van der Waals surface area contributed by atoms with Crippen molar-refractivity contribution in [1.82, 2.24) is 5.32 Å². The van der Waals surface area contributed by atoms with Crippen molar-refractivity contribution >= 4 is 28.5 Å². The quantitative estimate of drug-likeness (QED) is 0.734. The fraction of sp³-hybridized carbons (Fsp3) is 0.200. The number of benzene rings is 2. The monoisotopic (exact) mass is 354 g/mol. The highest BCUT2D eigenvalue weighted by Gasteiger charge is 2.25. The number of anilines is 1. The largest absolute Gasteiger partial charge is 0.449 e. The summed E-state index contributed by atoms with van der Waals surface area (Å²) in [5.41, 5.74) is 0.412. The van der Waals surface area contributed by atoms with Crippen LogP contribution in [0.15, 0.2) is 52.9 Å². The van der Waals surface area contributed by atoms with Crippen LogP contribution < -0.4 is 10.6 Å².